The summed E-state index contributed by atoms with van der Waals surface area (Å²) in [5.74, 6) is 0. The Bertz CT molecular complexity index is 850. The SMILES string of the molecule is In1c2ccccc2c2sc3ccccc3c21. The monoisotopic (exact) mass is 349 g/mol. The second-order valence-corrected chi connectivity index (χ2v) is 6.09. The van der Waals surface area contributed by atoms with Crippen molar-refractivity contribution in [1.82, 2.24) is 2.78 Å². The van der Waals surface area contributed by atoms with Crippen molar-refractivity contribution >= 4 is 65.4 Å². The van der Waals surface area contributed by atoms with Crippen molar-refractivity contribution in [1.29, 1.82) is 0 Å². The number of benzene rings is 2. The average Bonchev–Trinajstić information content (AvgIpc) is 2.88. The van der Waals surface area contributed by atoms with Crippen LogP contribution >= 0.6 is 34.2 Å². The predicted molar refractivity (Wildman–Crippen MR) is 84.2 cm³/mol. The van der Waals surface area contributed by atoms with E-state index in [1.54, 1.807) is 0 Å². The first-order valence-corrected chi connectivity index (χ1v) is 7.21. The zero-order valence-corrected chi connectivity index (χ0v) is 11.8. The summed E-state index contributed by atoms with van der Waals surface area (Å²) in [6.45, 7) is 0. The summed E-state index contributed by atoms with van der Waals surface area (Å²) in [5, 5.41) is 2.72. The van der Waals surface area contributed by atoms with E-state index < -0.39 is 0 Å². The van der Waals surface area contributed by atoms with Crippen molar-refractivity contribution in [2.75, 3.05) is 0 Å². The minimum Gasteiger partial charge on any atom is -0.280 e. The summed E-state index contributed by atoms with van der Waals surface area (Å²) in [4.78, 5) is 0. The molecule has 82 valence electrons. The van der Waals surface area contributed by atoms with Gasteiger partial charge in [-0.3, -0.25) is 2.78 Å². The van der Waals surface area contributed by atoms with E-state index in [1.807, 2.05) is 11.3 Å². The maximum atomic E-state index is 2.40. The highest BCUT2D eigenvalue weighted by Gasteiger charge is 2.13. The fourth-order valence-electron chi connectivity index (χ4n) is 2.37. The van der Waals surface area contributed by atoms with Crippen molar-refractivity contribution in [2.24, 2.45) is 0 Å². The van der Waals surface area contributed by atoms with Crippen LogP contribution < -0.4 is 0 Å². The highest BCUT2D eigenvalue weighted by Crippen LogP contribution is 2.41. The van der Waals surface area contributed by atoms with Crippen LogP contribution in [0.4, 0.5) is 0 Å². The third-order valence-corrected chi connectivity index (χ3v) is 5.32. The van der Waals surface area contributed by atoms with Gasteiger partial charge in [-0.05, 0) is 12.1 Å². The second-order valence-electron chi connectivity index (χ2n) is 4.07. The van der Waals surface area contributed by atoms with Gasteiger partial charge in [0.25, 0.3) is 0 Å². The number of hydrogen-bond acceptors (Lipinski definition) is 1. The fraction of sp³-hybridized carbons (Fsp3) is 0. The summed E-state index contributed by atoms with van der Waals surface area (Å²) < 4.78 is 5.05. The molecule has 0 saturated carbocycles. The smallest absolute Gasteiger partial charge is 0.0776 e. The number of halogens is 1. The van der Waals surface area contributed by atoms with Crippen molar-refractivity contribution in [2.45, 2.75) is 0 Å². The van der Waals surface area contributed by atoms with Gasteiger partial charge in [0.1, 0.15) is 0 Å². The van der Waals surface area contributed by atoms with Gasteiger partial charge in [0.2, 0.25) is 0 Å². The first-order chi connectivity index (χ1) is 8.36. The zero-order valence-electron chi connectivity index (χ0n) is 8.85. The molecule has 0 bridgehead atoms. The van der Waals surface area contributed by atoms with Gasteiger partial charge in [-0.15, -0.1) is 11.3 Å². The lowest BCUT2D eigenvalue weighted by Gasteiger charge is -1.95. The number of hydrogen-bond donors (Lipinski definition) is 0. The van der Waals surface area contributed by atoms with Gasteiger partial charge in [-0.2, -0.15) is 0 Å². The molecule has 0 radical (unpaired) electrons. The molecule has 0 aliphatic heterocycles. The lowest BCUT2D eigenvalue weighted by atomic mass is 10.2. The van der Waals surface area contributed by atoms with E-state index in [4.69, 9.17) is 0 Å². The van der Waals surface area contributed by atoms with E-state index in [2.05, 4.69) is 74.2 Å². The third-order valence-electron chi connectivity index (χ3n) is 3.13. The summed E-state index contributed by atoms with van der Waals surface area (Å²) in [6.07, 6.45) is 0. The van der Waals surface area contributed by atoms with Crippen molar-refractivity contribution in [3.63, 3.8) is 0 Å². The van der Waals surface area contributed by atoms with Crippen LogP contribution in [0.2, 0.25) is 0 Å². The van der Waals surface area contributed by atoms with Crippen LogP contribution in [-0.2, 0) is 0 Å². The number of nitrogens with zero attached hydrogens (tertiary/aromatic N) is 1. The molecule has 1 nitrogen and oxygen atoms in total. The Hall–Kier alpha value is -1.07. The maximum absolute atomic E-state index is 2.40. The van der Waals surface area contributed by atoms with E-state index in [1.165, 1.54) is 31.2 Å². The number of rotatable bonds is 0. The highest BCUT2D eigenvalue weighted by molar-refractivity contribution is 14.1. The van der Waals surface area contributed by atoms with Crippen molar-refractivity contribution in [3.8, 4) is 0 Å². The van der Waals surface area contributed by atoms with Crippen molar-refractivity contribution in [3.05, 3.63) is 48.5 Å². The van der Waals surface area contributed by atoms with Gasteiger partial charge in [0.05, 0.1) is 38.6 Å². The summed E-state index contributed by atoms with van der Waals surface area (Å²) in [5.41, 5.74) is 2.66. The molecule has 0 atom stereocenters. The first-order valence-electron chi connectivity index (χ1n) is 5.43. The topological polar surface area (TPSA) is 4.93 Å². The van der Waals surface area contributed by atoms with E-state index in [0.29, 0.717) is 0 Å². The van der Waals surface area contributed by atoms with Gasteiger partial charge in [0.15, 0.2) is 0 Å². The summed E-state index contributed by atoms with van der Waals surface area (Å²) in [6, 6.07) is 17.2. The van der Waals surface area contributed by atoms with Crippen molar-refractivity contribution < 1.29 is 0 Å². The molecule has 2 aromatic heterocycles. The quantitative estimate of drug-likeness (QED) is 0.384. The average molecular weight is 349 g/mol. The number of fused-ring (bicyclic) bond motifs is 5. The number of aromatic nitrogens is 1. The molecule has 0 N–H and O–H groups in total. The molecular weight excluding hydrogens is 341 g/mol. The standard InChI is InChI=1S/C14H8INS/c15-16-11-7-3-1-5-9(11)14-13(16)10-6-2-4-8-12(10)17-14/h1-8H. The van der Waals surface area contributed by atoms with Crippen LogP contribution in [0.3, 0.4) is 0 Å². The lowest BCUT2D eigenvalue weighted by molar-refractivity contribution is 1.51. The van der Waals surface area contributed by atoms with Crippen LogP contribution in [0.25, 0.3) is 31.2 Å². The summed E-state index contributed by atoms with van der Waals surface area (Å²) >= 11 is 4.29. The number of para-hydroxylation sites is 1. The van der Waals surface area contributed by atoms with Gasteiger partial charge in [0, 0.05) is 15.5 Å². The van der Waals surface area contributed by atoms with E-state index in [0.717, 1.165) is 0 Å². The minimum atomic E-state index is 1.31. The Morgan fingerprint density at radius 2 is 1.59 bits per heavy atom. The van der Waals surface area contributed by atoms with Gasteiger partial charge < -0.3 is 0 Å². The molecule has 0 fully saturated rings. The molecule has 4 rings (SSSR count). The first kappa shape index (κ1) is 9.91. The molecule has 2 aromatic carbocycles. The van der Waals surface area contributed by atoms with Gasteiger partial charge >= 0.3 is 0 Å². The number of thiophene rings is 1. The molecule has 2 heterocycles. The Labute approximate surface area is 116 Å². The molecule has 0 saturated heterocycles. The van der Waals surface area contributed by atoms with Gasteiger partial charge in [-0.25, -0.2) is 0 Å². The van der Waals surface area contributed by atoms with Crippen LogP contribution in [0.15, 0.2) is 48.5 Å². The Morgan fingerprint density at radius 1 is 0.882 bits per heavy atom. The molecule has 0 amide bonds. The molecule has 17 heavy (non-hydrogen) atoms. The molecule has 0 aliphatic carbocycles. The summed E-state index contributed by atoms with van der Waals surface area (Å²) in [7, 11) is 0. The van der Waals surface area contributed by atoms with E-state index >= 15 is 0 Å². The van der Waals surface area contributed by atoms with Crippen LogP contribution in [0.5, 0.6) is 0 Å². The largest absolute Gasteiger partial charge is 0.280 e. The fourth-order valence-corrected chi connectivity index (χ4v) is 4.67. The normalized spacial score (nSPS) is 11.8. The Balaban J connectivity index is 2.40. The lowest BCUT2D eigenvalue weighted by Crippen LogP contribution is -1.76. The molecular formula is C14H8INS. The third kappa shape index (κ3) is 1.24. The minimum absolute atomic E-state index is 1.31. The Morgan fingerprint density at radius 3 is 2.47 bits per heavy atom. The van der Waals surface area contributed by atoms with Crippen LogP contribution in [-0.4, -0.2) is 2.78 Å². The zero-order chi connectivity index (χ0) is 11.4. The predicted octanol–water partition coefficient (Wildman–Crippen LogP) is 5.21. The molecule has 0 aliphatic rings. The molecule has 4 aromatic rings. The molecule has 0 unspecified atom stereocenters. The molecule has 3 heteroatoms. The molecule has 0 spiro atoms. The van der Waals surface area contributed by atoms with Crippen LogP contribution in [0.1, 0.15) is 0 Å². The van der Waals surface area contributed by atoms with E-state index in [9.17, 15) is 0 Å². The van der Waals surface area contributed by atoms with Crippen LogP contribution in [0, 0.1) is 0 Å². The Kier molecular flexibility index (Phi) is 2.02. The van der Waals surface area contributed by atoms with E-state index in [-0.39, 0.29) is 0 Å². The van der Waals surface area contributed by atoms with Gasteiger partial charge in [-0.1, -0.05) is 36.4 Å². The second kappa shape index (κ2) is 3.46. The highest BCUT2D eigenvalue weighted by atomic mass is 127. The maximum Gasteiger partial charge on any atom is 0.0776 e.